The van der Waals surface area contributed by atoms with E-state index in [1.54, 1.807) is 49.0 Å². The van der Waals surface area contributed by atoms with Gasteiger partial charge in [0.1, 0.15) is 11.7 Å². The predicted molar refractivity (Wildman–Crippen MR) is 118 cm³/mol. The van der Waals surface area contributed by atoms with E-state index in [9.17, 15) is 18.0 Å². The molecule has 1 aromatic heterocycles. The molecular weight excluding hydrogens is 416 g/mol. The number of aromatic nitrogens is 2. The number of benzene rings is 2. The van der Waals surface area contributed by atoms with Gasteiger partial charge >= 0.3 is 0 Å². The first-order chi connectivity index (χ1) is 14.8. The van der Waals surface area contributed by atoms with Crippen LogP contribution < -0.4 is 10.9 Å². The van der Waals surface area contributed by atoms with Crippen molar-refractivity contribution in [3.63, 3.8) is 0 Å². The highest BCUT2D eigenvalue weighted by molar-refractivity contribution is 7.89. The summed E-state index contributed by atoms with van der Waals surface area (Å²) in [5, 5.41) is 2.71. The summed E-state index contributed by atoms with van der Waals surface area (Å²) in [6, 6.07) is 16.3. The Hall–Kier alpha value is -3.17. The molecule has 8 nitrogen and oxygen atoms in total. The maximum absolute atomic E-state index is 13.1. The Balaban J connectivity index is 1.64. The molecule has 3 aromatic rings. The van der Waals surface area contributed by atoms with Gasteiger partial charge in [-0.05, 0) is 44.0 Å². The quantitative estimate of drug-likeness (QED) is 0.659. The second-order valence-electron chi connectivity index (χ2n) is 7.51. The number of carbonyl (C=O) groups excluding carboxylic acids is 1. The highest BCUT2D eigenvalue weighted by atomic mass is 32.2. The van der Waals surface area contributed by atoms with Crippen molar-refractivity contribution in [3.8, 4) is 5.69 Å². The Morgan fingerprint density at radius 1 is 1.03 bits per heavy atom. The minimum Gasteiger partial charge on any atom is -0.319 e. The second kappa shape index (κ2) is 8.16. The van der Waals surface area contributed by atoms with Crippen LogP contribution in [0.1, 0.15) is 18.5 Å². The number of hydrogen-bond donors (Lipinski definition) is 1. The lowest BCUT2D eigenvalue weighted by atomic mass is 10.2. The molecule has 1 fully saturated rings. The minimum absolute atomic E-state index is 0.150. The molecular formula is C22H24N4O4S. The summed E-state index contributed by atoms with van der Waals surface area (Å²) in [4.78, 5) is 26.3. The van der Waals surface area contributed by atoms with E-state index in [2.05, 4.69) is 5.32 Å². The molecule has 2 heterocycles. The third kappa shape index (κ3) is 3.70. The van der Waals surface area contributed by atoms with Crippen LogP contribution in [0.15, 0.2) is 70.4 Å². The van der Waals surface area contributed by atoms with Crippen molar-refractivity contribution < 1.29 is 13.2 Å². The normalized spacial score (nSPS) is 17.0. The molecule has 31 heavy (non-hydrogen) atoms. The number of para-hydroxylation sites is 1. The number of amides is 1. The average Bonchev–Trinajstić information content (AvgIpc) is 3.36. The molecule has 0 spiro atoms. The number of carbonyl (C=O) groups is 1. The molecule has 162 valence electrons. The van der Waals surface area contributed by atoms with Gasteiger partial charge in [-0.2, -0.15) is 4.31 Å². The van der Waals surface area contributed by atoms with Gasteiger partial charge in [-0.15, -0.1) is 0 Å². The van der Waals surface area contributed by atoms with Crippen LogP contribution in [-0.2, 0) is 21.9 Å². The van der Waals surface area contributed by atoms with E-state index >= 15 is 0 Å². The van der Waals surface area contributed by atoms with Crippen molar-refractivity contribution in [1.29, 1.82) is 0 Å². The lowest BCUT2D eigenvalue weighted by molar-refractivity contribution is -0.119. The van der Waals surface area contributed by atoms with Crippen LogP contribution in [0, 0.1) is 6.92 Å². The van der Waals surface area contributed by atoms with Gasteiger partial charge in [0, 0.05) is 13.6 Å². The first-order valence-corrected chi connectivity index (χ1v) is 11.5. The van der Waals surface area contributed by atoms with E-state index in [1.165, 1.54) is 21.1 Å². The Morgan fingerprint density at radius 3 is 2.29 bits per heavy atom. The molecule has 0 radical (unpaired) electrons. The van der Waals surface area contributed by atoms with Crippen molar-refractivity contribution in [1.82, 2.24) is 13.7 Å². The second-order valence-corrected chi connectivity index (χ2v) is 9.40. The summed E-state index contributed by atoms with van der Waals surface area (Å²) < 4.78 is 30.5. The van der Waals surface area contributed by atoms with Gasteiger partial charge in [0.25, 0.3) is 5.56 Å². The van der Waals surface area contributed by atoms with Gasteiger partial charge in [-0.1, -0.05) is 36.4 Å². The van der Waals surface area contributed by atoms with Crippen LogP contribution in [0.2, 0.25) is 0 Å². The van der Waals surface area contributed by atoms with Gasteiger partial charge in [0.05, 0.1) is 16.3 Å². The van der Waals surface area contributed by atoms with Crippen LogP contribution in [-0.4, -0.2) is 40.6 Å². The van der Waals surface area contributed by atoms with Crippen LogP contribution in [0.3, 0.4) is 0 Å². The third-order valence-electron chi connectivity index (χ3n) is 5.66. The number of nitrogens with zero attached hydrogens (tertiary/aromatic N) is 3. The molecule has 0 saturated carbocycles. The summed E-state index contributed by atoms with van der Waals surface area (Å²) in [7, 11) is -2.07. The molecule has 9 heteroatoms. The summed E-state index contributed by atoms with van der Waals surface area (Å²) in [5.74, 6) is -0.497. The predicted octanol–water partition coefficient (Wildman–Crippen LogP) is 2.28. The van der Waals surface area contributed by atoms with Crippen LogP contribution in [0.25, 0.3) is 5.69 Å². The van der Waals surface area contributed by atoms with Crippen LogP contribution >= 0.6 is 0 Å². The summed E-state index contributed by atoms with van der Waals surface area (Å²) in [6.07, 6.45) is 0.975. The average molecular weight is 441 g/mol. The standard InChI is InChI=1S/C22H24N4O4S/c1-16-20(22(28)26(24(16)2)17-10-5-3-6-11-17)23-21(27)19-14-9-15-25(19)31(29,30)18-12-7-4-8-13-18/h3-8,10-13,19H,9,14-15H2,1-2H3,(H,23,27)/t19-/m0/s1. The molecule has 1 saturated heterocycles. The summed E-state index contributed by atoms with van der Waals surface area (Å²) in [6.45, 7) is 2.00. The van der Waals surface area contributed by atoms with Crippen molar-refractivity contribution >= 4 is 21.6 Å². The first kappa shape index (κ1) is 21.1. The smallest absolute Gasteiger partial charge is 0.295 e. The molecule has 0 unspecified atom stereocenters. The fourth-order valence-electron chi connectivity index (χ4n) is 3.94. The number of sulfonamides is 1. The van der Waals surface area contributed by atoms with Crippen molar-refractivity contribution in [3.05, 3.63) is 76.7 Å². The monoisotopic (exact) mass is 440 g/mol. The lowest BCUT2D eigenvalue weighted by Crippen LogP contribution is -2.43. The zero-order chi connectivity index (χ0) is 22.2. The Kier molecular flexibility index (Phi) is 5.55. The highest BCUT2D eigenvalue weighted by Crippen LogP contribution is 2.27. The Bertz CT molecular complexity index is 1260. The molecule has 1 N–H and O–H groups in total. The molecule has 1 aliphatic heterocycles. The highest BCUT2D eigenvalue weighted by Gasteiger charge is 2.40. The van der Waals surface area contributed by atoms with E-state index in [0.29, 0.717) is 24.2 Å². The minimum atomic E-state index is -3.81. The fraction of sp³-hybridized carbons (Fsp3) is 0.273. The first-order valence-electron chi connectivity index (χ1n) is 10.0. The zero-order valence-corrected chi connectivity index (χ0v) is 18.2. The van der Waals surface area contributed by atoms with E-state index in [4.69, 9.17) is 0 Å². The molecule has 0 bridgehead atoms. The van der Waals surface area contributed by atoms with Gasteiger partial charge in [-0.3, -0.25) is 14.3 Å². The molecule has 4 rings (SSSR count). The van der Waals surface area contributed by atoms with Gasteiger partial charge in [0.2, 0.25) is 15.9 Å². The van der Waals surface area contributed by atoms with Crippen molar-refractivity contribution in [2.24, 2.45) is 7.05 Å². The van der Waals surface area contributed by atoms with Gasteiger partial charge in [-0.25, -0.2) is 13.1 Å². The zero-order valence-electron chi connectivity index (χ0n) is 17.4. The fourth-order valence-corrected chi connectivity index (χ4v) is 5.61. The number of anilines is 1. The van der Waals surface area contributed by atoms with Crippen molar-refractivity contribution in [2.75, 3.05) is 11.9 Å². The van der Waals surface area contributed by atoms with Gasteiger partial charge in [0.15, 0.2) is 0 Å². The van der Waals surface area contributed by atoms with Crippen LogP contribution in [0.5, 0.6) is 0 Å². The van der Waals surface area contributed by atoms with E-state index in [1.807, 2.05) is 18.2 Å². The Morgan fingerprint density at radius 2 is 1.65 bits per heavy atom. The number of nitrogens with one attached hydrogen (secondary N) is 1. The maximum atomic E-state index is 13.1. The third-order valence-corrected chi connectivity index (χ3v) is 7.58. The molecule has 1 atom stereocenters. The summed E-state index contributed by atoms with van der Waals surface area (Å²) in [5.41, 5.74) is 1.04. The largest absolute Gasteiger partial charge is 0.319 e. The van der Waals surface area contributed by atoms with E-state index < -0.39 is 22.0 Å². The molecule has 0 aliphatic carbocycles. The van der Waals surface area contributed by atoms with Gasteiger partial charge < -0.3 is 5.32 Å². The van der Waals surface area contributed by atoms with E-state index in [-0.39, 0.29) is 22.7 Å². The SMILES string of the molecule is Cc1c(NC(=O)[C@@H]2CCCN2S(=O)(=O)c2ccccc2)c(=O)n(-c2ccccc2)n1C. The molecule has 2 aromatic carbocycles. The Labute approximate surface area is 180 Å². The maximum Gasteiger partial charge on any atom is 0.295 e. The van der Waals surface area contributed by atoms with Crippen molar-refractivity contribution in [2.45, 2.75) is 30.7 Å². The number of rotatable bonds is 5. The van der Waals surface area contributed by atoms with E-state index in [0.717, 1.165) is 0 Å². The molecule has 1 aliphatic rings. The summed E-state index contributed by atoms with van der Waals surface area (Å²) >= 11 is 0. The number of hydrogen-bond acceptors (Lipinski definition) is 4. The topological polar surface area (TPSA) is 93.4 Å². The molecule has 1 amide bonds. The lowest BCUT2D eigenvalue weighted by Gasteiger charge is -2.23. The van der Waals surface area contributed by atoms with Crippen LogP contribution in [0.4, 0.5) is 5.69 Å².